The molecule has 29 heavy (non-hydrogen) atoms. The van der Waals surface area contributed by atoms with Crippen molar-refractivity contribution in [3.8, 4) is 0 Å². The molecule has 0 atom stereocenters. The van der Waals surface area contributed by atoms with Crippen LogP contribution in [-0.2, 0) is 10.8 Å². The van der Waals surface area contributed by atoms with E-state index in [2.05, 4.69) is 130 Å². The first-order chi connectivity index (χ1) is 13.8. The fraction of sp³-hybridized carbons (Fsp3) is 0.296. The number of hydrogen-bond acceptors (Lipinski definition) is 1. The van der Waals surface area contributed by atoms with Crippen molar-refractivity contribution in [2.45, 2.75) is 38.5 Å². The molecular formula is C27H31N2+. The van der Waals surface area contributed by atoms with Crippen LogP contribution >= 0.6 is 0 Å². The van der Waals surface area contributed by atoms with Gasteiger partial charge in [0.1, 0.15) is 7.05 Å². The lowest BCUT2D eigenvalue weighted by Gasteiger charge is -2.23. The standard InChI is InChI=1S/C27H31N2/c1-26(2)20-14-10-12-16-22(20)28(5)24(26)18-8-7-9-19-25-27(3,4)21-15-11-13-17-23(21)29(25)6/h7-19H,1-6H3/q+1. The molecule has 0 aromatic heterocycles. The quantitative estimate of drug-likeness (QED) is 0.457. The largest absolute Gasteiger partial charge is 0.347 e. The van der Waals surface area contributed by atoms with E-state index in [-0.39, 0.29) is 10.8 Å². The maximum absolute atomic E-state index is 2.31. The fourth-order valence-corrected chi connectivity index (χ4v) is 4.96. The molecule has 0 amide bonds. The summed E-state index contributed by atoms with van der Waals surface area (Å²) in [5.41, 5.74) is 8.06. The lowest BCUT2D eigenvalue weighted by atomic mass is 9.81. The number of fused-ring (bicyclic) bond motifs is 2. The molecule has 4 rings (SSSR count). The molecule has 2 heteroatoms. The van der Waals surface area contributed by atoms with E-state index in [9.17, 15) is 0 Å². The Hall–Kier alpha value is -2.87. The van der Waals surface area contributed by atoms with Crippen LogP contribution in [-0.4, -0.2) is 24.4 Å². The maximum atomic E-state index is 2.31. The third-order valence-corrected chi connectivity index (χ3v) is 6.61. The highest BCUT2D eigenvalue weighted by molar-refractivity contribution is 6.03. The first-order valence-corrected chi connectivity index (χ1v) is 10.4. The van der Waals surface area contributed by atoms with Crippen LogP contribution in [0.1, 0.15) is 38.8 Å². The Morgan fingerprint density at radius 3 is 2.14 bits per heavy atom. The number of benzene rings is 2. The predicted octanol–water partition coefficient (Wildman–Crippen LogP) is 6.12. The van der Waals surface area contributed by atoms with Gasteiger partial charge in [0, 0.05) is 41.6 Å². The van der Waals surface area contributed by atoms with Crippen LogP contribution in [0.25, 0.3) is 0 Å². The Balaban J connectivity index is 1.56. The number of allylic oxidation sites excluding steroid dienone is 6. The lowest BCUT2D eigenvalue weighted by molar-refractivity contribution is -0.401. The Morgan fingerprint density at radius 1 is 0.793 bits per heavy atom. The summed E-state index contributed by atoms with van der Waals surface area (Å²) in [4.78, 5) is 2.31. The average molecular weight is 384 g/mol. The van der Waals surface area contributed by atoms with E-state index in [0.717, 1.165) is 0 Å². The normalized spacial score (nSPS) is 20.9. The molecule has 0 aliphatic carbocycles. The van der Waals surface area contributed by atoms with Crippen LogP contribution in [0.5, 0.6) is 0 Å². The fourth-order valence-electron chi connectivity index (χ4n) is 4.96. The number of anilines is 1. The summed E-state index contributed by atoms with van der Waals surface area (Å²) in [6.45, 7) is 9.20. The highest BCUT2D eigenvalue weighted by Crippen LogP contribution is 2.46. The second-order valence-electron chi connectivity index (χ2n) is 9.08. The van der Waals surface area contributed by atoms with E-state index in [1.165, 1.54) is 33.9 Å². The van der Waals surface area contributed by atoms with Gasteiger partial charge >= 0.3 is 0 Å². The van der Waals surface area contributed by atoms with Crippen molar-refractivity contribution in [3.05, 3.63) is 95.7 Å². The summed E-state index contributed by atoms with van der Waals surface area (Å²) in [6.07, 6.45) is 10.9. The van der Waals surface area contributed by atoms with Gasteiger partial charge in [0.2, 0.25) is 5.69 Å². The Bertz CT molecular complexity index is 1080. The summed E-state index contributed by atoms with van der Waals surface area (Å²) in [5.74, 6) is 0. The third-order valence-electron chi connectivity index (χ3n) is 6.61. The minimum Gasteiger partial charge on any atom is -0.347 e. The topological polar surface area (TPSA) is 6.25 Å². The van der Waals surface area contributed by atoms with Gasteiger partial charge in [-0.05, 0) is 31.6 Å². The second kappa shape index (κ2) is 6.88. The minimum atomic E-state index is 0.0173. The smallest absolute Gasteiger partial charge is 0.209 e. The molecule has 0 bridgehead atoms. The number of nitrogens with zero attached hydrogens (tertiary/aromatic N) is 2. The first-order valence-electron chi connectivity index (χ1n) is 10.4. The summed E-state index contributed by atoms with van der Waals surface area (Å²) in [7, 11) is 4.32. The molecule has 0 N–H and O–H groups in total. The summed E-state index contributed by atoms with van der Waals surface area (Å²) in [6, 6.07) is 17.4. The maximum Gasteiger partial charge on any atom is 0.209 e. The van der Waals surface area contributed by atoms with Crippen molar-refractivity contribution in [1.29, 1.82) is 0 Å². The average Bonchev–Trinajstić information content (AvgIpc) is 3.02. The van der Waals surface area contributed by atoms with Crippen LogP contribution in [0.3, 0.4) is 0 Å². The van der Waals surface area contributed by atoms with Gasteiger partial charge < -0.3 is 4.90 Å². The van der Waals surface area contributed by atoms with Crippen LogP contribution in [0, 0.1) is 0 Å². The molecular weight excluding hydrogens is 352 g/mol. The summed E-state index contributed by atoms with van der Waals surface area (Å²) >= 11 is 0. The van der Waals surface area contributed by atoms with Gasteiger partial charge in [-0.25, -0.2) is 0 Å². The highest BCUT2D eigenvalue weighted by atomic mass is 15.2. The van der Waals surface area contributed by atoms with E-state index >= 15 is 0 Å². The van der Waals surface area contributed by atoms with Crippen LogP contribution in [0.2, 0.25) is 0 Å². The molecule has 0 radical (unpaired) electrons. The second-order valence-corrected chi connectivity index (χ2v) is 9.08. The van der Waals surface area contributed by atoms with Crippen molar-refractivity contribution in [1.82, 2.24) is 0 Å². The Morgan fingerprint density at radius 2 is 1.45 bits per heavy atom. The molecule has 2 nitrogen and oxygen atoms in total. The Kier molecular flexibility index (Phi) is 4.61. The van der Waals surface area contributed by atoms with Gasteiger partial charge in [-0.3, -0.25) is 0 Å². The predicted molar refractivity (Wildman–Crippen MR) is 125 cm³/mol. The molecule has 2 heterocycles. The highest BCUT2D eigenvalue weighted by Gasteiger charge is 2.42. The Labute approximate surface area is 175 Å². The number of likely N-dealkylation sites (N-methyl/N-ethyl adjacent to an activating group) is 1. The summed E-state index contributed by atoms with van der Waals surface area (Å²) < 4.78 is 2.31. The van der Waals surface area contributed by atoms with Crippen molar-refractivity contribution in [2.24, 2.45) is 0 Å². The van der Waals surface area contributed by atoms with Gasteiger partial charge in [0.25, 0.3) is 0 Å². The van der Waals surface area contributed by atoms with E-state index in [1.54, 1.807) is 0 Å². The van der Waals surface area contributed by atoms with Crippen LogP contribution in [0.15, 0.2) is 84.6 Å². The molecule has 0 fully saturated rings. The molecule has 0 saturated heterocycles. The molecule has 2 aliphatic rings. The lowest BCUT2D eigenvalue weighted by Crippen LogP contribution is -2.26. The monoisotopic (exact) mass is 383 g/mol. The molecule has 0 saturated carbocycles. The molecule has 2 aromatic carbocycles. The van der Waals surface area contributed by atoms with Crippen molar-refractivity contribution >= 4 is 17.1 Å². The zero-order valence-electron chi connectivity index (χ0n) is 18.4. The van der Waals surface area contributed by atoms with Crippen molar-refractivity contribution in [2.75, 3.05) is 19.0 Å². The van der Waals surface area contributed by atoms with Gasteiger partial charge in [-0.1, -0.05) is 68.5 Å². The van der Waals surface area contributed by atoms with Crippen molar-refractivity contribution < 1.29 is 4.58 Å². The van der Waals surface area contributed by atoms with E-state index in [0.29, 0.717) is 0 Å². The summed E-state index contributed by atoms with van der Waals surface area (Å²) in [5, 5.41) is 0. The zero-order valence-corrected chi connectivity index (χ0v) is 18.4. The van der Waals surface area contributed by atoms with E-state index in [4.69, 9.17) is 0 Å². The molecule has 0 unspecified atom stereocenters. The zero-order chi connectivity index (χ0) is 20.8. The number of hydrogen-bond donors (Lipinski definition) is 0. The molecule has 148 valence electrons. The van der Waals surface area contributed by atoms with Gasteiger partial charge in [0.05, 0.1) is 5.41 Å². The molecule has 2 aromatic rings. The van der Waals surface area contributed by atoms with Crippen LogP contribution in [0.4, 0.5) is 11.4 Å². The van der Waals surface area contributed by atoms with E-state index < -0.39 is 0 Å². The third kappa shape index (κ3) is 2.98. The van der Waals surface area contributed by atoms with Gasteiger partial charge in [0.15, 0.2) is 5.71 Å². The SMILES string of the molecule is CN1/C(=C/C=C/C=C/C2=[N+](C)c3ccccc3C2(C)C)C(C)(C)c2ccccc21. The van der Waals surface area contributed by atoms with Crippen LogP contribution < -0.4 is 4.90 Å². The number of rotatable bonds is 3. The van der Waals surface area contributed by atoms with Gasteiger partial charge in [-0.2, -0.15) is 4.58 Å². The first kappa shape index (κ1) is 19.4. The molecule has 0 spiro atoms. The van der Waals surface area contributed by atoms with Gasteiger partial charge in [-0.15, -0.1) is 0 Å². The van der Waals surface area contributed by atoms with E-state index in [1.807, 2.05) is 0 Å². The minimum absolute atomic E-state index is 0.0173. The number of para-hydroxylation sites is 2. The van der Waals surface area contributed by atoms with Crippen molar-refractivity contribution in [3.63, 3.8) is 0 Å². The molecule has 2 aliphatic heterocycles.